The van der Waals surface area contributed by atoms with Gasteiger partial charge in [0.2, 0.25) is 0 Å². The van der Waals surface area contributed by atoms with Crippen molar-refractivity contribution in [2.75, 3.05) is 6.54 Å². The molecule has 5 nitrogen and oxygen atoms in total. The molecule has 2 amide bonds. The van der Waals surface area contributed by atoms with Gasteiger partial charge in [-0.2, -0.15) is 0 Å². The van der Waals surface area contributed by atoms with Gasteiger partial charge in [-0.1, -0.05) is 24.3 Å². The summed E-state index contributed by atoms with van der Waals surface area (Å²) in [6.07, 6.45) is 4.67. The second-order valence-electron chi connectivity index (χ2n) is 5.38. The van der Waals surface area contributed by atoms with Crippen LogP contribution in [0.25, 0.3) is 0 Å². The minimum atomic E-state index is 0.0218. The number of nitrogens with zero attached hydrogens (tertiary/aromatic N) is 3. The summed E-state index contributed by atoms with van der Waals surface area (Å²) in [6.45, 7) is 4.97. The average molecular weight is 284 g/mol. The van der Waals surface area contributed by atoms with Gasteiger partial charge in [0.1, 0.15) is 5.82 Å². The Hall–Kier alpha value is -2.30. The van der Waals surface area contributed by atoms with E-state index >= 15 is 0 Å². The largest absolute Gasteiger partial charge is 0.338 e. The quantitative estimate of drug-likeness (QED) is 0.876. The predicted octanol–water partition coefficient (Wildman–Crippen LogP) is 2.31. The lowest BCUT2D eigenvalue weighted by Gasteiger charge is -2.16. The number of benzene rings is 1. The minimum absolute atomic E-state index is 0.0218. The molecule has 0 spiro atoms. The zero-order valence-electron chi connectivity index (χ0n) is 12.2. The van der Waals surface area contributed by atoms with Crippen LogP contribution in [0.15, 0.2) is 36.7 Å². The number of urea groups is 1. The first-order valence-electron chi connectivity index (χ1n) is 7.31. The molecule has 21 heavy (non-hydrogen) atoms. The molecule has 5 heteroatoms. The van der Waals surface area contributed by atoms with Gasteiger partial charge in [0, 0.05) is 38.6 Å². The first kappa shape index (κ1) is 13.7. The molecule has 0 radical (unpaired) electrons. The van der Waals surface area contributed by atoms with Crippen molar-refractivity contribution in [3.05, 3.63) is 53.6 Å². The van der Waals surface area contributed by atoms with Gasteiger partial charge in [-0.05, 0) is 24.5 Å². The molecule has 3 rings (SSSR count). The number of nitrogens with one attached hydrogen (secondary N) is 1. The molecular formula is C16H20N4O. The number of imidazole rings is 1. The molecule has 0 fully saturated rings. The Bertz CT molecular complexity index is 610. The fourth-order valence-corrected chi connectivity index (χ4v) is 2.67. The molecule has 1 aliphatic rings. The van der Waals surface area contributed by atoms with Crippen molar-refractivity contribution < 1.29 is 4.79 Å². The number of carbonyl (C=O) groups excluding carboxylic acids is 1. The summed E-state index contributed by atoms with van der Waals surface area (Å²) in [4.78, 5) is 18.2. The Kier molecular flexibility index (Phi) is 3.90. The maximum absolute atomic E-state index is 12.1. The second kappa shape index (κ2) is 5.99. The van der Waals surface area contributed by atoms with Gasteiger partial charge in [0.25, 0.3) is 0 Å². The van der Waals surface area contributed by atoms with Gasteiger partial charge in [0.15, 0.2) is 0 Å². The van der Waals surface area contributed by atoms with Crippen LogP contribution in [-0.4, -0.2) is 27.0 Å². The summed E-state index contributed by atoms with van der Waals surface area (Å²) < 4.78 is 2.10. The van der Waals surface area contributed by atoms with E-state index in [2.05, 4.69) is 27.0 Å². The van der Waals surface area contributed by atoms with E-state index in [1.807, 2.05) is 30.2 Å². The van der Waals surface area contributed by atoms with E-state index in [1.165, 1.54) is 11.1 Å². The topological polar surface area (TPSA) is 50.2 Å². The molecule has 0 aliphatic carbocycles. The third-order valence-electron chi connectivity index (χ3n) is 3.90. The fraction of sp³-hybridized carbons (Fsp3) is 0.375. The second-order valence-corrected chi connectivity index (χ2v) is 5.38. The first-order valence-corrected chi connectivity index (χ1v) is 7.31. The summed E-state index contributed by atoms with van der Waals surface area (Å²) in [5, 5.41) is 2.99. The van der Waals surface area contributed by atoms with Crippen molar-refractivity contribution in [2.24, 2.45) is 0 Å². The number of aryl methyl sites for hydroxylation is 2. The molecule has 1 aliphatic heterocycles. The smallest absolute Gasteiger partial charge is 0.318 e. The number of amides is 2. The number of rotatable bonds is 4. The highest BCUT2D eigenvalue weighted by Crippen LogP contribution is 2.21. The summed E-state index contributed by atoms with van der Waals surface area (Å²) in [7, 11) is 0. The third-order valence-corrected chi connectivity index (χ3v) is 3.90. The maximum atomic E-state index is 12.1. The van der Waals surface area contributed by atoms with Crippen LogP contribution in [0.1, 0.15) is 23.4 Å². The molecule has 0 saturated heterocycles. The van der Waals surface area contributed by atoms with E-state index in [0.717, 1.165) is 18.8 Å². The Labute approximate surface area is 124 Å². The molecule has 0 unspecified atom stereocenters. The highest BCUT2D eigenvalue weighted by atomic mass is 16.2. The molecule has 0 saturated carbocycles. The first-order chi connectivity index (χ1) is 10.2. The lowest BCUT2D eigenvalue weighted by molar-refractivity contribution is 0.198. The monoisotopic (exact) mass is 284 g/mol. The van der Waals surface area contributed by atoms with Crippen LogP contribution in [0.3, 0.4) is 0 Å². The van der Waals surface area contributed by atoms with Crippen LogP contribution in [0.5, 0.6) is 0 Å². The van der Waals surface area contributed by atoms with Crippen LogP contribution in [0.2, 0.25) is 0 Å². The highest BCUT2D eigenvalue weighted by Gasteiger charge is 2.22. The van der Waals surface area contributed by atoms with E-state index in [0.29, 0.717) is 19.6 Å². The summed E-state index contributed by atoms with van der Waals surface area (Å²) in [5.41, 5.74) is 2.50. The van der Waals surface area contributed by atoms with Crippen molar-refractivity contribution in [3.63, 3.8) is 0 Å². The average Bonchev–Trinajstić information content (AvgIpc) is 3.09. The maximum Gasteiger partial charge on any atom is 0.318 e. The summed E-state index contributed by atoms with van der Waals surface area (Å²) in [5.74, 6) is 1.01. The van der Waals surface area contributed by atoms with E-state index in [-0.39, 0.29) is 6.03 Å². The van der Waals surface area contributed by atoms with Crippen molar-refractivity contribution in [1.29, 1.82) is 0 Å². The van der Waals surface area contributed by atoms with Gasteiger partial charge in [-0.3, -0.25) is 0 Å². The van der Waals surface area contributed by atoms with Crippen LogP contribution >= 0.6 is 0 Å². The molecular weight excluding hydrogens is 264 g/mol. The molecule has 0 atom stereocenters. The van der Waals surface area contributed by atoms with Gasteiger partial charge in [-0.25, -0.2) is 9.78 Å². The lowest BCUT2D eigenvalue weighted by Crippen LogP contribution is -2.37. The number of fused-ring (bicyclic) bond motifs is 1. The molecule has 2 aromatic rings. The normalized spacial score (nSPS) is 13.3. The van der Waals surface area contributed by atoms with Crippen LogP contribution in [0, 0.1) is 6.92 Å². The SMILES string of the molecule is Cc1nccn1CCCNC(=O)N1Cc2ccccc2C1. The van der Waals surface area contributed by atoms with Gasteiger partial charge < -0.3 is 14.8 Å². The van der Waals surface area contributed by atoms with Gasteiger partial charge >= 0.3 is 6.03 Å². The van der Waals surface area contributed by atoms with E-state index in [4.69, 9.17) is 0 Å². The lowest BCUT2D eigenvalue weighted by atomic mass is 10.1. The van der Waals surface area contributed by atoms with Crippen molar-refractivity contribution in [3.8, 4) is 0 Å². The number of aromatic nitrogens is 2. The third kappa shape index (κ3) is 3.07. The van der Waals surface area contributed by atoms with E-state index < -0.39 is 0 Å². The summed E-state index contributed by atoms with van der Waals surface area (Å²) >= 11 is 0. The Morgan fingerprint density at radius 3 is 2.62 bits per heavy atom. The summed E-state index contributed by atoms with van der Waals surface area (Å²) in [6, 6.07) is 8.24. The van der Waals surface area contributed by atoms with Crippen molar-refractivity contribution in [1.82, 2.24) is 19.8 Å². The zero-order valence-corrected chi connectivity index (χ0v) is 12.2. The fourth-order valence-electron chi connectivity index (χ4n) is 2.67. The molecule has 1 aromatic carbocycles. The van der Waals surface area contributed by atoms with Crippen LogP contribution in [0.4, 0.5) is 4.79 Å². The van der Waals surface area contributed by atoms with E-state index in [1.54, 1.807) is 6.20 Å². The predicted molar refractivity (Wildman–Crippen MR) is 80.7 cm³/mol. The molecule has 1 N–H and O–H groups in total. The number of hydrogen-bond acceptors (Lipinski definition) is 2. The molecule has 1 aromatic heterocycles. The Morgan fingerprint density at radius 1 is 1.29 bits per heavy atom. The van der Waals surface area contributed by atoms with Crippen molar-refractivity contribution in [2.45, 2.75) is 33.0 Å². The number of carbonyl (C=O) groups is 1. The van der Waals surface area contributed by atoms with Crippen LogP contribution in [-0.2, 0) is 19.6 Å². The number of hydrogen-bond donors (Lipinski definition) is 1. The molecule has 2 heterocycles. The van der Waals surface area contributed by atoms with E-state index in [9.17, 15) is 4.79 Å². The molecule has 0 bridgehead atoms. The van der Waals surface area contributed by atoms with Crippen LogP contribution < -0.4 is 5.32 Å². The Balaban J connectivity index is 1.43. The molecule has 110 valence electrons. The van der Waals surface area contributed by atoms with Gasteiger partial charge in [-0.15, -0.1) is 0 Å². The van der Waals surface area contributed by atoms with Crippen molar-refractivity contribution >= 4 is 6.03 Å². The zero-order chi connectivity index (χ0) is 14.7. The minimum Gasteiger partial charge on any atom is -0.338 e. The highest BCUT2D eigenvalue weighted by molar-refractivity contribution is 5.75. The Morgan fingerprint density at radius 2 is 2.00 bits per heavy atom. The van der Waals surface area contributed by atoms with Gasteiger partial charge in [0.05, 0.1) is 0 Å². The standard InChI is InChI=1S/C16H20N4O/c1-13-17-8-10-19(13)9-4-7-18-16(21)20-11-14-5-2-3-6-15(14)12-20/h2-3,5-6,8,10H,4,7,9,11-12H2,1H3,(H,18,21).